The van der Waals surface area contributed by atoms with Crippen LogP contribution in [0, 0.1) is 28.6 Å². The van der Waals surface area contributed by atoms with Crippen LogP contribution in [0.25, 0.3) is 0 Å². The Bertz CT molecular complexity index is 713. The standard InChI is InChI=1S/C25H40O2Si/c1-23(2,3)28(5,6)27-17-25-16-14-20-19(21(25)12-13-22(25)26)11-10-18-9-7-8-15-24(18,20)4/h10,12-13,19-21H,7-9,11,14-17H2,1-6H3/t19-,20+,21+,24+,25-/m1/s1. The summed E-state index contributed by atoms with van der Waals surface area (Å²) in [5, 5.41) is 0.184. The Balaban J connectivity index is 1.61. The van der Waals surface area contributed by atoms with Crippen molar-refractivity contribution in [2.75, 3.05) is 6.61 Å². The molecule has 4 aliphatic carbocycles. The minimum atomic E-state index is -1.86. The highest BCUT2D eigenvalue weighted by molar-refractivity contribution is 6.74. The molecule has 0 aromatic rings. The van der Waals surface area contributed by atoms with Crippen LogP contribution in [0.2, 0.25) is 18.1 Å². The summed E-state index contributed by atoms with van der Waals surface area (Å²) >= 11 is 0. The molecule has 0 aromatic heterocycles. The van der Waals surface area contributed by atoms with Gasteiger partial charge < -0.3 is 4.43 Å². The van der Waals surface area contributed by atoms with Gasteiger partial charge in [0.15, 0.2) is 14.1 Å². The van der Waals surface area contributed by atoms with E-state index in [2.05, 4.69) is 52.9 Å². The number of carbonyl (C=O) groups excluding carboxylic acids is 1. The Labute approximate surface area is 173 Å². The minimum absolute atomic E-state index is 0.184. The maximum absolute atomic E-state index is 13.2. The number of hydrogen-bond donors (Lipinski definition) is 0. The predicted octanol–water partition coefficient (Wildman–Crippen LogP) is 6.69. The van der Waals surface area contributed by atoms with E-state index in [-0.39, 0.29) is 10.5 Å². The summed E-state index contributed by atoms with van der Waals surface area (Å²) in [7, 11) is -1.86. The number of carbonyl (C=O) groups is 1. The summed E-state index contributed by atoms with van der Waals surface area (Å²) in [6.45, 7) is 14.7. The van der Waals surface area contributed by atoms with Crippen molar-refractivity contribution in [2.24, 2.45) is 28.6 Å². The van der Waals surface area contributed by atoms with Crippen LogP contribution in [-0.4, -0.2) is 20.7 Å². The topological polar surface area (TPSA) is 26.3 Å². The summed E-state index contributed by atoms with van der Waals surface area (Å²) in [5.74, 6) is 2.08. The molecule has 0 bridgehead atoms. The smallest absolute Gasteiger partial charge is 0.192 e. The van der Waals surface area contributed by atoms with Gasteiger partial charge in [-0.1, -0.05) is 51.8 Å². The highest BCUT2D eigenvalue weighted by atomic mass is 28.4. The van der Waals surface area contributed by atoms with Crippen molar-refractivity contribution < 1.29 is 9.22 Å². The van der Waals surface area contributed by atoms with Gasteiger partial charge in [0.25, 0.3) is 0 Å². The molecular formula is C25H40O2Si. The van der Waals surface area contributed by atoms with Crippen molar-refractivity contribution in [1.29, 1.82) is 0 Å². The molecule has 4 rings (SSSR count). The van der Waals surface area contributed by atoms with E-state index in [9.17, 15) is 4.79 Å². The van der Waals surface area contributed by atoms with Crippen LogP contribution >= 0.6 is 0 Å². The average Bonchev–Trinajstić information content (AvgIpc) is 2.96. The summed E-state index contributed by atoms with van der Waals surface area (Å²) in [5.41, 5.74) is 1.83. The summed E-state index contributed by atoms with van der Waals surface area (Å²) in [6.07, 6.45) is 15.5. The van der Waals surface area contributed by atoms with Crippen molar-refractivity contribution >= 4 is 14.1 Å². The Morgan fingerprint density at radius 1 is 1.21 bits per heavy atom. The molecular weight excluding hydrogens is 360 g/mol. The third-order valence-electron chi connectivity index (χ3n) is 9.54. The largest absolute Gasteiger partial charge is 0.416 e. The van der Waals surface area contributed by atoms with E-state index >= 15 is 0 Å². The minimum Gasteiger partial charge on any atom is -0.416 e. The zero-order valence-corrected chi connectivity index (χ0v) is 19.9. The molecule has 28 heavy (non-hydrogen) atoms. The number of fused-ring (bicyclic) bond motifs is 5. The van der Waals surface area contributed by atoms with Crippen molar-refractivity contribution in [3.8, 4) is 0 Å². The van der Waals surface area contributed by atoms with E-state index in [4.69, 9.17) is 4.43 Å². The molecule has 3 heteroatoms. The molecule has 0 saturated heterocycles. The molecule has 0 amide bonds. The van der Waals surface area contributed by atoms with Crippen molar-refractivity contribution in [3.05, 3.63) is 23.8 Å². The van der Waals surface area contributed by atoms with Gasteiger partial charge in [0, 0.05) is 6.61 Å². The molecule has 0 N–H and O–H groups in total. The summed E-state index contributed by atoms with van der Waals surface area (Å²) in [4.78, 5) is 13.2. The Morgan fingerprint density at radius 3 is 2.68 bits per heavy atom. The van der Waals surface area contributed by atoms with Crippen LogP contribution in [0.15, 0.2) is 23.8 Å². The third kappa shape index (κ3) is 2.95. The van der Waals surface area contributed by atoms with Crippen LogP contribution < -0.4 is 0 Å². The lowest BCUT2D eigenvalue weighted by atomic mass is 9.48. The Hall–Kier alpha value is -0.673. The summed E-state index contributed by atoms with van der Waals surface area (Å²) in [6, 6.07) is 0. The van der Waals surface area contributed by atoms with Gasteiger partial charge in [-0.15, -0.1) is 0 Å². The molecule has 4 aliphatic rings. The fraction of sp³-hybridized carbons (Fsp3) is 0.800. The third-order valence-corrected chi connectivity index (χ3v) is 14.0. The van der Waals surface area contributed by atoms with Gasteiger partial charge in [0.05, 0.1) is 5.41 Å². The molecule has 0 unspecified atom stereocenters. The fourth-order valence-corrected chi connectivity index (χ4v) is 7.63. The number of hydrogen-bond acceptors (Lipinski definition) is 2. The van der Waals surface area contributed by atoms with Crippen LogP contribution in [0.5, 0.6) is 0 Å². The second kappa shape index (κ2) is 6.67. The molecule has 2 fully saturated rings. The highest BCUT2D eigenvalue weighted by Gasteiger charge is 2.59. The van der Waals surface area contributed by atoms with Crippen molar-refractivity contribution in [3.63, 3.8) is 0 Å². The van der Waals surface area contributed by atoms with E-state index < -0.39 is 8.32 Å². The average molecular weight is 401 g/mol. The summed E-state index contributed by atoms with van der Waals surface area (Å²) < 4.78 is 6.68. The van der Waals surface area contributed by atoms with E-state index in [1.807, 2.05) is 6.08 Å². The first-order chi connectivity index (χ1) is 13.0. The first kappa shape index (κ1) is 20.6. The number of rotatable bonds is 3. The van der Waals surface area contributed by atoms with Crippen LogP contribution in [0.3, 0.4) is 0 Å². The molecule has 2 nitrogen and oxygen atoms in total. The van der Waals surface area contributed by atoms with Crippen LogP contribution in [-0.2, 0) is 9.22 Å². The van der Waals surface area contributed by atoms with Crippen molar-refractivity contribution in [1.82, 2.24) is 0 Å². The monoisotopic (exact) mass is 400 g/mol. The Kier molecular flexibility index (Phi) is 4.90. The van der Waals surface area contributed by atoms with E-state index in [0.29, 0.717) is 29.6 Å². The highest BCUT2D eigenvalue weighted by Crippen LogP contribution is 2.63. The van der Waals surface area contributed by atoms with Gasteiger partial charge >= 0.3 is 0 Å². The van der Waals surface area contributed by atoms with Gasteiger partial charge in [0.1, 0.15) is 0 Å². The zero-order valence-electron chi connectivity index (χ0n) is 18.9. The molecule has 156 valence electrons. The van der Waals surface area contributed by atoms with Gasteiger partial charge in [0.2, 0.25) is 0 Å². The van der Waals surface area contributed by atoms with Crippen LogP contribution in [0.4, 0.5) is 0 Å². The SMILES string of the molecule is CC(C)(C)[Si](C)(C)OC[C@]12CC[C@H]3[C@@H](CC=C4CCCC[C@@]43C)[C@@H]1C=CC2=O. The maximum atomic E-state index is 13.2. The first-order valence-corrected chi connectivity index (χ1v) is 14.5. The molecule has 0 radical (unpaired) electrons. The molecule has 0 aliphatic heterocycles. The molecule has 2 saturated carbocycles. The molecule has 0 heterocycles. The lowest BCUT2D eigenvalue weighted by Gasteiger charge is -2.57. The lowest BCUT2D eigenvalue weighted by molar-refractivity contribution is -0.134. The first-order valence-electron chi connectivity index (χ1n) is 11.6. The predicted molar refractivity (Wildman–Crippen MR) is 119 cm³/mol. The van der Waals surface area contributed by atoms with Gasteiger partial charge in [-0.2, -0.15) is 0 Å². The number of allylic oxidation sites excluding steroid dienone is 4. The molecule has 5 atom stereocenters. The van der Waals surface area contributed by atoms with E-state index in [1.54, 1.807) is 5.57 Å². The van der Waals surface area contributed by atoms with E-state index in [0.717, 1.165) is 12.3 Å². The maximum Gasteiger partial charge on any atom is 0.192 e. The molecule has 0 aromatic carbocycles. The fourth-order valence-electron chi connectivity index (χ4n) is 6.58. The van der Waals surface area contributed by atoms with Gasteiger partial charge in [-0.05, 0) is 85.9 Å². The zero-order chi connectivity index (χ0) is 20.4. The second-order valence-corrected chi connectivity index (χ2v) is 16.7. The van der Waals surface area contributed by atoms with Crippen molar-refractivity contribution in [2.45, 2.75) is 90.8 Å². The van der Waals surface area contributed by atoms with Gasteiger partial charge in [-0.25, -0.2) is 0 Å². The van der Waals surface area contributed by atoms with Crippen LogP contribution in [0.1, 0.15) is 72.6 Å². The number of ketones is 1. The lowest BCUT2D eigenvalue weighted by Crippen LogP contribution is -2.54. The van der Waals surface area contributed by atoms with Gasteiger partial charge in [-0.3, -0.25) is 4.79 Å². The normalized spacial score (nSPS) is 40.6. The Morgan fingerprint density at radius 2 is 1.96 bits per heavy atom. The quantitative estimate of drug-likeness (QED) is 0.390. The van der Waals surface area contributed by atoms with E-state index in [1.165, 1.54) is 38.5 Å². The second-order valence-electron chi connectivity index (χ2n) is 11.9. The molecule has 0 spiro atoms.